The fourth-order valence-electron chi connectivity index (χ4n) is 4.15. The number of ether oxygens (including phenoxy) is 3. The van der Waals surface area contributed by atoms with E-state index >= 15 is 0 Å². The van der Waals surface area contributed by atoms with Crippen LogP contribution in [0.15, 0.2) is 30.3 Å². The summed E-state index contributed by atoms with van der Waals surface area (Å²) in [7, 11) is 1.67. The molecule has 2 aromatic carbocycles. The van der Waals surface area contributed by atoms with Gasteiger partial charge in [-0.1, -0.05) is 12.1 Å². The number of fused-ring (bicyclic) bond motifs is 6. The SMILES string of the molecule is COc1cccc2c1NC[C@]1(O)Cc3cc4c(cc3[C@H]21)OCO4. The van der Waals surface area contributed by atoms with E-state index in [0.29, 0.717) is 13.0 Å². The van der Waals surface area contributed by atoms with E-state index in [1.807, 2.05) is 24.3 Å². The highest BCUT2D eigenvalue weighted by molar-refractivity contribution is 5.70. The normalized spacial score (nSPS) is 26.1. The van der Waals surface area contributed by atoms with Crippen molar-refractivity contribution in [3.8, 4) is 17.2 Å². The first-order valence-corrected chi connectivity index (χ1v) is 7.75. The minimum absolute atomic E-state index is 0.0849. The quantitative estimate of drug-likeness (QED) is 0.846. The Hall–Kier alpha value is -2.40. The summed E-state index contributed by atoms with van der Waals surface area (Å²) in [5, 5.41) is 14.6. The molecule has 1 aliphatic carbocycles. The molecule has 0 aromatic heterocycles. The van der Waals surface area contributed by atoms with Crippen LogP contribution in [0.4, 0.5) is 5.69 Å². The fraction of sp³-hybridized carbons (Fsp3) is 0.333. The van der Waals surface area contributed by atoms with Gasteiger partial charge in [-0.25, -0.2) is 0 Å². The van der Waals surface area contributed by atoms with Crippen molar-refractivity contribution in [3.63, 3.8) is 0 Å². The minimum Gasteiger partial charge on any atom is -0.495 e. The van der Waals surface area contributed by atoms with Crippen molar-refractivity contribution in [2.45, 2.75) is 17.9 Å². The Morgan fingerprint density at radius 2 is 2.04 bits per heavy atom. The predicted octanol–water partition coefficient (Wildman–Crippen LogP) is 2.27. The zero-order valence-corrected chi connectivity index (χ0v) is 12.8. The van der Waals surface area contributed by atoms with Crippen LogP contribution in [0.25, 0.3) is 0 Å². The van der Waals surface area contributed by atoms with Gasteiger partial charge in [0.15, 0.2) is 11.5 Å². The summed E-state index contributed by atoms with van der Waals surface area (Å²) in [6.07, 6.45) is 0.604. The maximum absolute atomic E-state index is 11.2. The summed E-state index contributed by atoms with van der Waals surface area (Å²) in [5.74, 6) is 2.25. The molecule has 118 valence electrons. The Morgan fingerprint density at radius 1 is 1.22 bits per heavy atom. The summed E-state index contributed by atoms with van der Waals surface area (Å²) in [4.78, 5) is 0. The molecule has 0 fully saturated rings. The average molecular weight is 311 g/mol. The van der Waals surface area contributed by atoms with Crippen LogP contribution in [0, 0.1) is 0 Å². The van der Waals surface area contributed by atoms with Crippen LogP contribution in [-0.2, 0) is 6.42 Å². The average Bonchev–Trinajstić information content (AvgIpc) is 3.12. The maximum atomic E-state index is 11.2. The summed E-state index contributed by atoms with van der Waals surface area (Å²) in [5.41, 5.74) is 3.44. The molecule has 0 saturated carbocycles. The van der Waals surface area contributed by atoms with Gasteiger partial charge < -0.3 is 24.6 Å². The summed E-state index contributed by atoms with van der Waals surface area (Å²) in [6.45, 7) is 0.755. The largest absolute Gasteiger partial charge is 0.495 e. The third-order valence-electron chi connectivity index (χ3n) is 5.14. The van der Waals surface area contributed by atoms with E-state index in [4.69, 9.17) is 14.2 Å². The first-order chi connectivity index (χ1) is 11.2. The van der Waals surface area contributed by atoms with E-state index in [1.54, 1.807) is 7.11 Å². The maximum Gasteiger partial charge on any atom is 0.231 e. The van der Waals surface area contributed by atoms with Gasteiger partial charge in [-0.05, 0) is 34.9 Å². The number of β-amino-alcohol motifs (C(OH)–C–C–N with tert-alkyl or cyclic N) is 1. The Morgan fingerprint density at radius 3 is 2.87 bits per heavy atom. The van der Waals surface area contributed by atoms with Gasteiger partial charge >= 0.3 is 0 Å². The van der Waals surface area contributed by atoms with Crippen LogP contribution >= 0.6 is 0 Å². The monoisotopic (exact) mass is 311 g/mol. The van der Waals surface area contributed by atoms with Crippen molar-refractivity contribution < 1.29 is 19.3 Å². The Balaban J connectivity index is 1.72. The number of nitrogens with one attached hydrogen (secondary N) is 1. The van der Waals surface area contributed by atoms with Gasteiger partial charge in [0.1, 0.15) is 5.75 Å². The Kier molecular flexibility index (Phi) is 2.46. The molecule has 5 heteroatoms. The zero-order chi connectivity index (χ0) is 15.6. The van der Waals surface area contributed by atoms with Crippen molar-refractivity contribution in [3.05, 3.63) is 47.0 Å². The molecule has 0 bridgehead atoms. The molecule has 0 unspecified atom stereocenters. The number of aliphatic hydroxyl groups is 1. The van der Waals surface area contributed by atoms with E-state index in [0.717, 1.165) is 39.6 Å². The third-order valence-corrected chi connectivity index (χ3v) is 5.14. The molecule has 2 heterocycles. The second-order valence-corrected chi connectivity index (χ2v) is 6.40. The highest BCUT2D eigenvalue weighted by Crippen LogP contribution is 2.54. The number of methoxy groups -OCH3 is 1. The second kappa shape index (κ2) is 4.32. The number of para-hydroxylation sites is 1. The van der Waals surface area contributed by atoms with Crippen LogP contribution < -0.4 is 19.5 Å². The smallest absolute Gasteiger partial charge is 0.231 e. The van der Waals surface area contributed by atoms with Crippen molar-refractivity contribution in [1.82, 2.24) is 0 Å². The number of hydrogen-bond donors (Lipinski definition) is 2. The highest BCUT2D eigenvalue weighted by Gasteiger charge is 2.49. The molecule has 23 heavy (non-hydrogen) atoms. The molecule has 0 amide bonds. The lowest BCUT2D eigenvalue weighted by molar-refractivity contribution is 0.0452. The molecule has 0 spiro atoms. The van der Waals surface area contributed by atoms with E-state index in [2.05, 4.69) is 11.4 Å². The van der Waals surface area contributed by atoms with E-state index in [-0.39, 0.29) is 12.7 Å². The summed E-state index contributed by atoms with van der Waals surface area (Å²) < 4.78 is 16.5. The summed E-state index contributed by atoms with van der Waals surface area (Å²) >= 11 is 0. The molecule has 2 N–H and O–H groups in total. The molecule has 5 nitrogen and oxygen atoms in total. The fourth-order valence-corrected chi connectivity index (χ4v) is 4.15. The predicted molar refractivity (Wildman–Crippen MR) is 84.5 cm³/mol. The molecule has 2 aliphatic heterocycles. The van der Waals surface area contributed by atoms with Crippen LogP contribution in [-0.4, -0.2) is 31.2 Å². The van der Waals surface area contributed by atoms with Crippen molar-refractivity contribution in [2.24, 2.45) is 0 Å². The molecular weight excluding hydrogens is 294 g/mol. The lowest BCUT2D eigenvalue weighted by Crippen LogP contribution is -2.45. The van der Waals surface area contributed by atoms with Gasteiger partial charge in [0.2, 0.25) is 6.79 Å². The van der Waals surface area contributed by atoms with Gasteiger partial charge in [0, 0.05) is 18.9 Å². The summed E-state index contributed by atoms with van der Waals surface area (Å²) in [6, 6.07) is 9.99. The van der Waals surface area contributed by atoms with E-state index < -0.39 is 5.60 Å². The van der Waals surface area contributed by atoms with Crippen molar-refractivity contribution in [1.29, 1.82) is 0 Å². The van der Waals surface area contributed by atoms with Gasteiger partial charge in [0.25, 0.3) is 0 Å². The standard InChI is InChI=1S/C18H17NO4/c1-21-13-4-2-3-11-16-12-6-15-14(22-9-23-15)5-10(12)7-18(16,20)8-19-17(11)13/h2-6,16,19-20H,7-9H2,1H3/t16-,18+/m0/s1. The molecule has 3 aliphatic rings. The van der Waals surface area contributed by atoms with E-state index in [1.165, 1.54) is 0 Å². The molecule has 0 saturated heterocycles. The van der Waals surface area contributed by atoms with Gasteiger partial charge in [-0.15, -0.1) is 0 Å². The Bertz CT molecular complexity index is 819. The molecule has 2 atom stereocenters. The highest BCUT2D eigenvalue weighted by atomic mass is 16.7. The van der Waals surface area contributed by atoms with Crippen LogP contribution in [0.5, 0.6) is 17.2 Å². The molecule has 0 radical (unpaired) electrons. The van der Waals surface area contributed by atoms with Crippen LogP contribution in [0.3, 0.4) is 0 Å². The topological polar surface area (TPSA) is 60.0 Å². The van der Waals surface area contributed by atoms with Crippen LogP contribution in [0.2, 0.25) is 0 Å². The third kappa shape index (κ3) is 1.65. The molecular formula is C18H17NO4. The lowest BCUT2D eigenvalue weighted by atomic mass is 9.78. The minimum atomic E-state index is -0.837. The van der Waals surface area contributed by atoms with Gasteiger partial charge in [0.05, 0.1) is 18.4 Å². The number of hydrogen-bond acceptors (Lipinski definition) is 5. The molecule has 2 aromatic rings. The van der Waals surface area contributed by atoms with Crippen molar-refractivity contribution >= 4 is 5.69 Å². The molecule has 5 rings (SSSR count). The van der Waals surface area contributed by atoms with E-state index in [9.17, 15) is 5.11 Å². The van der Waals surface area contributed by atoms with Gasteiger partial charge in [-0.3, -0.25) is 0 Å². The van der Waals surface area contributed by atoms with Crippen molar-refractivity contribution in [2.75, 3.05) is 25.8 Å². The van der Waals surface area contributed by atoms with Gasteiger partial charge in [-0.2, -0.15) is 0 Å². The zero-order valence-electron chi connectivity index (χ0n) is 12.8. The lowest BCUT2D eigenvalue weighted by Gasteiger charge is -2.38. The number of anilines is 1. The number of rotatable bonds is 1. The first-order valence-electron chi connectivity index (χ1n) is 7.75. The number of benzene rings is 2. The second-order valence-electron chi connectivity index (χ2n) is 6.40. The van der Waals surface area contributed by atoms with Crippen LogP contribution in [0.1, 0.15) is 22.6 Å². The Labute approximate surface area is 133 Å². The first kappa shape index (κ1) is 13.1.